The second kappa shape index (κ2) is 6.61. The molecule has 0 N–H and O–H groups in total. The van der Waals surface area contributed by atoms with Crippen molar-refractivity contribution >= 4 is 5.65 Å². The van der Waals surface area contributed by atoms with Crippen molar-refractivity contribution in [2.45, 2.75) is 6.54 Å². The lowest BCUT2D eigenvalue weighted by atomic mass is 9.98. The van der Waals surface area contributed by atoms with Crippen LogP contribution < -0.4 is 0 Å². The standard InChI is InChI=1S/C21H14N4O/c22-12-18-4-1-2-7-19(18)16-5-3-6-17(11-16)20-14-23-21-10-15(13-24-26)8-9-25(20)21/h1-11,14H,13H2. The van der Waals surface area contributed by atoms with Gasteiger partial charge in [0.2, 0.25) is 0 Å². The number of hydrogen-bond donors (Lipinski definition) is 0. The zero-order chi connectivity index (χ0) is 17.9. The number of nitriles is 1. The summed E-state index contributed by atoms with van der Waals surface area (Å²) in [6, 6.07) is 21.6. The quantitative estimate of drug-likeness (QED) is 0.501. The van der Waals surface area contributed by atoms with Crippen LogP contribution in [0.4, 0.5) is 0 Å². The van der Waals surface area contributed by atoms with Gasteiger partial charge in [-0.2, -0.15) is 10.2 Å². The van der Waals surface area contributed by atoms with Gasteiger partial charge in [-0.05, 0) is 41.0 Å². The van der Waals surface area contributed by atoms with Crippen molar-refractivity contribution in [3.63, 3.8) is 0 Å². The van der Waals surface area contributed by atoms with E-state index in [0.717, 1.165) is 33.6 Å². The molecule has 0 aliphatic heterocycles. The van der Waals surface area contributed by atoms with Gasteiger partial charge in [0.15, 0.2) is 0 Å². The van der Waals surface area contributed by atoms with Crippen LogP contribution in [-0.4, -0.2) is 9.38 Å². The SMILES string of the molecule is N#Cc1ccccc1-c1cccc(-c2cnc3cc(CN=O)ccn23)c1. The van der Waals surface area contributed by atoms with Gasteiger partial charge in [-0.15, -0.1) is 0 Å². The molecule has 26 heavy (non-hydrogen) atoms. The summed E-state index contributed by atoms with van der Waals surface area (Å²) in [4.78, 5) is 14.9. The van der Waals surface area contributed by atoms with Gasteiger partial charge in [0.05, 0.1) is 23.5 Å². The number of pyridine rings is 1. The van der Waals surface area contributed by atoms with Gasteiger partial charge in [0.25, 0.3) is 0 Å². The Balaban J connectivity index is 1.81. The molecule has 2 aromatic heterocycles. The number of nitroso groups, excluding NO2 is 1. The highest BCUT2D eigenvalue weighted by molar-refractivity contribution is 5.76. The first-order valence-corrected chi connectivity index (χ1v) is 8.15. The first-order valence-electron chi connectivity index (χ1n) is 8.15. The van der Waals surface area contributed by atoms with Crippen molar-refractivity contribution in [1.82, 2.24) is 9.38 Å². The van der Waals surface area contributed by atoms with Crippen molar-refractivity contribution in [1.29, 1.82) is 5.26 Å². The summed E-state index contributed by atoms with van der Waals surface area (Å²) in [5.74, 6) is 0. The molecule has 0 saturated carbocycles. The van der Waals surface area contributed by atoms with E-state index in [2.05, 4.69) is 22.3 Å². The molecule has 5 nitrogen and oxygen atoms in total. The van der Waals surface area contributed by atoms with Crippen molar-refractivity contribution < 1.29 is 0 Å². The highest BCUT2D eigenvalue weighted by atomic mass is 16.3. The van der Waals surface area contributed by atoms with Crippen molar-refractivity contribution in [2.24, 2.45) is 5.18 Å². The van der Waals surface area contributed by atoms with Gasteiger partial charge in [-0.1, -0.05) is 41.6 Å². The van der Waals surface area contributed by atoms with Gasteiger partial charge in [-0.3, -0.25) is 4.40 Å². The van der Waals surface area contributed by atoms with Crippen LogP contribution in [0.5, 0.6) is 0 Å². The molecule has 0 spiro atoms. The normalized spacial score (nSPS) is 10.6. The van der Waals surface area contributed by atoms with E-state index in [1.807, 2.05) is 71.4 Å². The summed E-state index contributed by atoms with van der Waals surface area (Å²) in [6.45, 7) is 0.138. The third-order valence-electron chi connectivity index (χ3n) is 4.34. The van der Waals surface area contributed by atoms with E-state index >= 15 is 0 Å². The predicted octanol–water partition coefficient (Wildman–Crippen LogP) is 4.81. The van der Waals surface area contributed by atoms with E-state index in [-0.39, 0.29) is 6.54 Å². The minimum Gasteiger partial charge on any atom is -0.300 e. The first-order chi connectivity index (χ1) is 12.8. The number of fused-ring (bicyclic) bond motifs is 1. The fraction of sp³-hybridized carbons (Fsp3) is 0.0476. The largest absolute Gasteiger partial charge is 0.300 e. The molecule has 4 aromatic rings. The Morgan fingerprint density at radius 2 is 1.88 bits per heavy atom. The van der Waals surface area contributed by atoms with Crippen LogP contribution in [0.25, 0.3) is 28.0 Å². The van der Waals surface area contributed by atoms with Gasteiger partial charge >= 0.3 is 0 Å². The topological polar surface area (TPSA) is 70.5 Å². The Bertz CT molecular complexity index is 1150. The van der Waals surface area contributed by atoms with Crippen molar-refractivity contribution in [3.8, 4) is 28.5 Å². The molecule has 0 saturated heterocycles. The second-order valence-electron chi connectivity index (χ2n) is 5.93. The summed E-state index contributed by atoms with van der Waals surface area (Å²) < 4.78 is 1.98. The van der Waals surface area contributed by atoms with Gasteiger partial charge in [0.1, 0.15) is 12.2 Å². The van der Waals surface area contributed by atoms with E-state index in [4.69, 9.17) is 0 Å². The number of aromatic nitrogens is 2. The van der Waals surface area contributed by atoms with Gasteiger partial charge < -0.3 is 0 Å². The zero-order valence-corrected chi connectivity index (χ0v) is 13.8. The molecular formula is C21H14N4O. The molecule has 0 aliphatic carbocycles. The Labute approximate surface area is 150 Å². The van der Waals surface area contributed by atoms with Crippen LogP contribution in [0, 0.1) is 16.2 Å². The fourth-order valence-electron chi connectivity index (χ4n) is 3.09. The van der Waals surface area contributed by atoms with E-state index in [1.165, 1.54) is 0 Å². The van der Waals surface area contributed by atoms with Gasteiger partial charge in [0, 0.05) is 11.8 Å². The summed E-state index contributed by atoms with van der Waals surface area (Å²) in [5, 5.41) is 12.3. The van der Waals surface area contributed by atoms with E-state index in [1.54, 1.807) is 0 Å². The lowest BCUT2D eigenvalue weighted by molar-refractivity contribution is 1.04. The number of imidazole rings is 1. The molecule has 2 aromatic carbocycles. The average Bonchev–Trinajstić information content (AvgIpc) is 3.11. The predicted molar refractivity (Wildman–Crippen MR) is 100 cm³/mol. The molecule has 0 bridgehead atoms. The lowest BCUT2D eigenvalue weighted by Crippen LogP contribution is -1.91. The average molecular weight is 338 g/mol. The maximum absolute atomic E-state index is 10.5. The molecule has 4 rings (SSSR count). The molecule has 0 fully saturated rings. The molecule has 5 heteroatoms. The van der Waals surface area contributed by atoms with E-state index in [9.17, 15) is 10.2 Å². The zero-order valence-electron chi connectivity index (χ0n) is 13.8. The fourth-order valence-corrected chi connectivity index (χ4v) is 3.09. The minimum atomic E-state index is 0.138. The number of benzene rings is 2. The minimum absolute atomic E-state index is 0.138. The van der Waals surface area contributed by atoms with Crippen molar-refractivity contribution in [3.05, 3.63) is 89.1 Å². The smallest absolute Gasteiger partial charge is 0.137 e. The highest BCUT2D eigenvalue weighted by Crippen LogP contribution is 2.29. The summed E-state index contributed by atoms with van der Waals surface area (Å²) in [5.41, 5.74) is 6.09. The monoisotopic (exact) mass is 338 g/mol. The molecule has 0 radical (unpaired) electrons. The summed E-state index contributed by atoms with van der Waals surface area (Å²) >= 11 is 0. The number of nitrogens with zero attached hydrogens (tertiary/aromatic N) is 4. The number of hydrogen-bond acceptors (Lipinski definition) is 4. The third kappa shape index (κ3) is 2.74. The molecule has 0 unspecified atom stereocenters. The van der Waals surface area contributed by atoms with E-state index < -0.39 is 0 Å². The molecule has 2 heterocycles. The van der Waals surface area contributed by atoms with Crippen LogP contribution in [0.2, 0.25) is 0 Å². The Morgan fingerprint density at radius 3 is 2.73 bits per heavy atom. The van der Waals surface area contributed by atoms with Crippen LogP contribution in [0.15, 0.2) is 78.2 Å². The third-order valence-corrected chi connectivity index (χ3v) is 4.34. The van der Waals surface area contributed by atoms with Crippen LogP contribution in [0.1, 0.15) is 11.1 Å². The Morgan fingerprint density at radius 1 is 1.04 bits per heavy atom. The maximum atomic E-state index is 10.5. The van der Waals surface area contributed by atoms with Gasteiger partial charge in [-0.25, -0.2) is 4.98 Å². The Kier molecular flexibility index (Phi) is 4.00. The highest BCUT2D eigenvalue weighted by Gasteiger charge is 2.09. The lowest BCUT2D eigenvalue weighted by Gasteiger charge is -2.08. The van der Waals surface area contributed by atoms with Crippen molar-refractivity contribution in [2.75, 3.05) is 0 Å². The maximum Gasteiger partial charge on any atom is 0.137 e. The Hall–Kier alpha value is -3.78. The molecular weight excluding hydrogens is 324 g/mol. The molecule has 0 amide bonds. The molecule has 124 valence electrons. The molecule has 0 atom stereocenters. The summed E-state index contributed by atoms with van der Waals surface area (Å²) in [6.07, 6.45) is 3.71. The second-order valence-corrected chi connectivity index (χ2v) is 5.93. The van der Waals surface area contributed by atoms with Crippen LogP contribution >= 0.6 is 0 Å². The first kappa shape index (κ1) is 15.7. The van der Waals surface area contributed by atoms with E-state index in [0.29, 0.717) is 5.56 Å². The molecule has 0 aliphatic rings. The van der Waals surface area contributed by atoms with Crippen LogP contribution in [0.3, 0.4) is 0 Å². The van der Waals surface area contributed by atoms with Crippen LogP contribution in [-0.2, 0) is 6.54 Å². The number of rotatable bonds is 4. The summed E-state index contributed by atoms with van der Waals surface area (Å²) in [7, 11) is 0.